The first-order chi connectivity index (χ1) is 5.77. The zero-order chi connectivity index (χ0) is 8.55. The van der Waals surface area contributed by atoms with Crippen molar-refractivity contribution in [3.63, 3.8) is 0 Å². The monoisotopic (exact) mass is 163 g/mol. The second-order valence-electron chi connectivity index (χ2n) is 2.78. The fourth-order valence-electron chi connectivity index (χ4n) is 1.27. The van der Waals surface area contributed by atoms with Gasteiger partial charge in [-0.15, -0.1) is 0 Å². The van der Waals surface area contributed by atoms with Crippen LogP contribution in [0.2, 0.25) is 0 Å². The van der Waals surface area contributed by atoms with Gasteiger partial charge in [-0.2, -0.15) is 0 Å². The molecule has 3 heteroatoms. The van der Waals surface area contributed by atoms with Crippen molar-refractivity contribution >= 4 is 11.7 Å². The van der Waals surface area contributed by atoms with Crippen molar-refractivity contribution in [1.29, 1.82) is 0 Å². The SMILES string of the molecule is Cc1cccc2c1NCC(=O)O2. The van der Waals surface area contributed by atoms with Crippen LogP contribution in [0.1, 0.15) is 5.56 Å². The second kappa shape index (κ2) is 2.52. The Hall–Kier alpha value is -1.51. The highest BCUT2D eigenvalue weighted by Gasteiger charge is 2.16. The van der Waals surface area contributed by atoms with Crippen LogP contribution in [0.5, 0.6) is 5.75 Å². The van der Waals surface area contributed by atoms with Gasteiger partial charge in [0.1, 0.15) is 6.54 Å². The van der Waals surface area contributed by atoms with Crippen LogP contribution in [0.15, 0.2) is 18.2 Å². The van der Waals surface area contributed by atoms with Crippen molar-refractivity contribution in [3.05, 3.63) is 23.8 Å². The minimum atomic E-state index is -0.229. The van der Waals surface area contributed by atoms with Crippen LogP contribution in [-0.4, -0.2) is 12.5 Å². The number of para-hydroxylation sites is 1. The quantitative estimate of drug-likeness (QED) is 0.463. The highest BCUT2D eigenvalue weighted by molar-refractivity contribution is 5.84. The highest BCUT2D eigenvalue weighted by atomic mass is 16.5. The van der Waals surface area contributed by atoms with Gasteiger partial charge in [0.25, 0.3) is 0 Å². The van der Waals surface area contributed by atoms with E-state index in [0.717, 1.165) is 11.3 Å². The Bertz CT molecular complexity index is 333. The van der Waals surface area contributed by atoms with Crippen LogP contribution in [0.3, 0.4) is 0 Å². The topological polar surface area (TPSA) is 38.3 Å². The molecule has 0 unspecified atom stereocenters. The summed E-state index contributed by atoms with van der Waals surface area (Å²) in [4.78, 5) is 10.9. The number of ether oxygens (including phenoxy) is 1. The van der Waals surface area contributed by atoms with Crippen LogP contribution < -0.4 is 10.1 Å². The molecule has 1 aromatic rings. The van der Waals surface area contributed by atoms with E-state index >= 15 is 0 Å². The molecule has 0 aromatic heterocycles. The minimum absolute atomic E-state index is 0.229. The van der Waals surface area contributed by atoms with E-state index in [1.54, 1.807) is 6.07 Å². The summed E-state index contributed by atoms with van der Waals surface area (Å²) in [7, 11) is 0. The summed E-state index contributed by atoms with van der Waals surface area (Å²) < 4.78 is 5.01. The summed E-state index contributed by atoms with van der Waals surface area (Å²) in [6.07, 6.45) is 0. The number of carbonyl (C=O) groups excluding carboxylic acids is 1. The van der Waals surface area contributed by atoms with Gasteiger partial charge < -0.3 is 10.1 Å². The molecular formula is C9H9NO2. The summed E-state index contributed by atoms with van der Waals surface area (Å²) in [5.41, 5.74) is 2.03. The average Bonchev–Trinajstić information content (AvgIpc) is 2.04. The lowest BCUT2D eigenvalue weighted by Gasteiger charge is -2.18. The average molecular weight is 163 g/mol. The molecule has 0 saturated carbocycles. The van der Waals surface area contributed by atoms with Crippen LogP contribution in [0, 0.1) is 6.92 Å². The number of rotatable bonds is 0. The van der Waals surface area contributed by atoms with E-state index in [2.05, 4.69) is 5.32 Å². The van der Waals surface area contributed by atoms with Gasteiger partial charge in [0.15, 0.2) is 5.75 Å². The largest absolute Gasteiger partial charge is 0.423 e. The van der Waals surface area contributed by atoms with Gasteiger partial charge in [-0.25, -0.2) is 4.79 Å². The molecule has 1 N–H and O–H groups in total. The summed E-state index contributed by atoms with van der Waals surface area (Å²) in [6, 6.07) is 5.63. The van der Waals surface area contributed by atoms with Gasteiger partial charge in [0.2, 0.25) is 0 Å². The summed E-state index contributed by atoms with van der Waals surface area (Å²) in [6.45, 7) is 2.24. The third-order valence-electron chi connectivity index (χ3n) is 1.87. The van der Waals surface area contributed by atoms with Gasteiger partial charge in [-0.3, -0.25) is 0 Å². The van der Waals surface area contributed by atoms with Crippen molar-refractivity contribution < 1.29 is 9.53 Å². The van der Waals surface area contributed by atoms with Crippen molar-refractivity contribution in [2.75, 3.05) is 11.9 Å². The van der Waals surface area contributed by atoms with E-state index in [4.69, 9.17) is 4.74 Å². The maximum atomic E-state index is 10.9. The molecule has 12 heavy (non-hydrogen) atoms. The lowest BCUT2D eigenvalue weighted by Crippen LogP contribution is -2.25. The Balaban J connectivity index is 2.48. The van der Waals surface area contributed by atoms with Crippen molar-refractivity contribution in [1.82, 2.24) is 0 Å². The Morgan fingerprint density at radius 1 is 1.50 bits per heavy atom. The number of anilines is 1. The summed E-state index contributed by atoms with van der Waals surface area (Å²) in [5.74, 6) is 0.402. The van der Waals surface area contributed by atoms with E-state index in [0.29, 0.717) is 5.75 Å². The van der Waals surface area contributed by atoms with Crippen LogP contribution in [0.25, 0.3) is 0 Å². The first kappa shape index (κ1) is 7.16. The fraction of sp³-hybridized carbons (Fsp3) is 0.222. The van der Waals surface area contributed by atoms with Crippen molar-refractivity contribution in [3.8, 4) is 5.75 Å². The molecule has 0 spiro atoms. The molecule has 2 rings (SSSR count). The maximum absolute atomic E-state index is 10.9. The van der Waals surface area contributed by atoms with Gasteiger partial charge in [0, 0.05) is 0 Å². The molecule has 0 amide bonds. The maximum Gasteiger partial charge on any atom is 0.330 e. The van der Waals surface area contributed by atoms with Crippen molar-refractivity contribution in [2.45, 2.75) is 6.92 Å². The normalized spacial score (nSPS) is 14.6. The number of hydrogen-bond acceptors (Lipinski definition) is 3. The number of nitrogens with one attached hydrogen (secondary N) is 1. The molecule has 0 atom stereocenters. The molecule has 1 heterocycles. The standard InChI is InChI=1S/C9H9NO2/c1-6-3-2-4-7-9(6)10-5-8(11)12-7/h2-4,10H,5H2,1H3. The first-order valence-electron chi connectivity index (χ1n) is 3.81. The van der Waals surface area contributed by atoms with Crippen LogP contribution >= 0.6 is 0 Å². The molecule has 1 aliphatic rings. The molecule has 0 aliphatic carbocycles. The van der Waals surface area contributed by atoms with E-state index in [9.17, 15) is 4.79 Å². The molecule has 62 valence electrons. The van der Waals surface area contributed by atoms with E-state index in [1.807, 2.05) is 19.1 Å². The van der Waals surface area contributed by atoms with Gasteiger partial charge in [0.05, 0.1) is 5.69 Å². The van der Waals surface area contributed by atoms with Crippen LogP contribution in [0.4, 0.5) is 5.69 Å². The molecule has 0 saturated heterocycles. The minimum Gasteiger partial charge on any atom is -0.423 e. The molecule has 0 fully saturated rings. The number of benzene rings is 1. The summed E-state index contributed by atoms with van der Waals surface area (Å²) >= 11 is 0. The third kappa shape index (κ3) is 1.03. The predicted molar refractivity (Wildman–Crippen MR) is 45.3 cm³/mol. The summed E-state index contributed by atoms with van der Waals surface area (Å²) in [5, 5.41) is 3.01. The molecule has 0 radical (unpaired) electrons. The van der Waals surface area contributed by atoms with E-state index < -0.39 is 0 Å². The Labute approximate surface area is 70.3 Å². The van der Waals surface area contributed by atoms with Gasteiger partial charge >= 0.3 is 5.97 Å². The Morgan fingerprint density at radius 3 is 3.17 bits per heavy atom. The van der Waals surface area contributed by atoms with Gasteiger partial charge in [-0.05, 0) is 18.6 Å². The Kier molecular flexibility index (Phi) is 1.50. The second-order valence-corrected chi connectivity index (χ2v) is 2.78. The third-order valence-corrected chi connectivity index (χ3v) is 1.87. The number of esters is 1. The molecule has 0 bridgehead atoms. The number of fused-ring (bicyclic) bond motifs is 1. The predicted octanol–water partition coefficient (Wildman–Crippen LogP) is 1.33. The number of aryl methyl sites for hydroxylation is 1. The number of hydrogen-bond donors (Lipinski definition) is 1. The number of carbonyl (C=O) groups is 1. The fourth-order valence-corrected chi connectivity index (χ4v) is 1.27. The molecular weight excluding hydrogens is 154 g/mol. The smallest absolute Gasteiger partial charge is 0.330 e. The van der Waals surface area contributed by atoms with Gasteiger partial charge in [-0.1, -0.05) is 12.1 Å². The van der Waals surface area contributed by atoms with E-state index in [1.165, 1.54) is 0 Å². The molecule has 3 nitrogen and oxygen atoms in total. The van der Waals surface area contributed by atoms with Crippen molar-refractivity contribution in [2.24, 2.45) is 0 Å². The lowest BCUT2D eigenvalue weighted by molar-refractivity contribution is -0.132. The Morgan fingerprint density at radius 2 is 2.33 bits per heavy atom. The molecule has 1 aliphatic heterocycles. The first-order valence-corrected chi connectivity index (χ1v) is 3.81. The van der Waals surface area contributed by atoms with Crippen LogP contribution in [-0.2, 0) is 4.79 Å². The zero-order valence-electron chi connectivity index (χ0n) is 6.76. The molecule has 1 aromatic carbocycles. The highest BCUT2D eigenvalue weighted by Crippen LogP contribution is 2.30. The zero-order valence-corrected chi connectivity index (χ0v) is 6.76. The van der Waals surface area contributed by atoms with E-state index in [-0.39, 0.29) is 12.5 Å². The lowest BCUT2D eigenvalue weighted by atomic mass is 10.1.